The summed E-state index contributed by atoms with van der Waals surface area (Å²) >= 11 is 0. The Bertz CT molecular complexity index is 545. The van der Waals surface area contributed by atoms with Crippen LogP contribution in [0.2, 0.25) is 0 Å². The van der Waals surface area contributed by atoms with E-state index in [0.29, 0.717) is 19.4 Å². The smallest absolute Gasteiger partial charge is 0.306 e. The van der Waals surface area contributed by atoms with E-state index in [-0.39, 0.29) is 5.97 Å². The first-order valence-electron chi connectivity index (χ1n) is 6.04. The van der Waals surface area contributed by atoms with E-state index in [1.54, 1.807) is 7.11 Å². The summed E-state index contributed by atoms with van der Waals surface area (Å²) in [5.74, 6) is 0.661. The molecule has 0 atom stereocenters. The van der Waals surface area contributed by atoms with Crippen LogP contribution in [0.3, 0.4) is 0 Å². The summed E-state index contributed by atoms with van der Waals surface area (Å²) in [6.07, 6.45) is 2.96. The van der Waals surface area contributed by atoms with Gasteiger partial charge < -0.3 is 14.5 Å². The number of esters is 1. The molecule has 1 heterocycles. The van der Waals surface area contributed by atoms with Gasteiger partial charge in [0.05, 0.1) is 13.7 Å². The Kier molecular flexibility index (Phi) is 3.87. The highest BCUT2D eigenvalue weighted by Gasteiger charge is 2.10. The maximum Gasteiger partial charge on any atom is 0.306 e. The summed E-state index contributed by atoms with van der Waals surface area (Å²) in [5.41, 5.74) is 2.10. The minimum Gasteiger partial charge on any atom is -0.496 e. The largest absolute Gasteiger partial charge is 0.496 e. The molecule has 0 spiro atoms. The van der Waals surface area contributed by atoms with Crippen molar-refractivity contribution in [3.63, 3.8) is 0 Å². The van der Waals surface area contributed by atoms with E-state index in [1.807, 2.05) is 31.3 Å². The van der Waals surface area contributed by atoms with Crippen LogP contribution >= 0.6 is 0 Å². The van der Waals surface area contributed by atoms with Crippen LogP contribution in [0.1, 0.15) is 18.9 Å². The number of aromatic amines is 1. The van der Waals surface area contributed by atoms with E-state index < -0.39 is 0 Å². The van der Waals surface area contributed by atoms with Crippen LogP contribution in [-0.2, 0) is 16.0 Å². The molecule has 0 bridgehead atoms. The summed E-state index contributed by atoms with van der Waals surface area (Å²) in [4.78, 5) is 14.6. The van der Waals surface area contributed by atoms with E-state index in [4.69, 9.17) is 9.47 Å². The van der Waals surface area contributed by atoms with E-state index in [2.05, 4.69) is 4.98 Å². The van der Waals surface area contributed by atoms with Crippen LogP contribution in [0.4, 0.5) is 0 Å². The second-order valence-electron chi connectivity index (χ2n) is 4.00. The van der Waals surface area contributed by atoms with Crippen LogP contribution < -0.4 is 4.74 Å². The maximum atomic E-state index is 11.4. The van der Waals surface area contributed by atoms with Crippen molar-refractivity contribution < 1.29 is 14.3 Å². The summed E-state index contributed by atoms with van der Waals surface area (Å²) in [6.45, 7) is 2.24. The van der Waals surface area contributed by atoms with Crippen LogP contribution in [0.25, 0.3) is 10.9 Å². The molecule has 2 aromatic rings. The van der Waals surface area contributed by atoms with Gasteiger partial charge in [0.15, 0.2) is 0 Å². The average Bonchev–Trinajstić information content (AvgIpc) is 2.80. The second-order valence-corrected chi connectivity index (χ2v) is 4.00. The Morgan fingerprint density at radius 1 is 1.39 bits per heavy atom. The Morgan fingerprint density at radius 2 is 2.22 bits per heavy atom. The maximum absolute atomic E-state index is 11.4. The van der Waals surface area contributed by atoms with Crippen LogP contribution in [0, 0.1) is 0 Å². The zero-order chi connectivity index (χ0) is 13.0. The number of fused-ring (bicyclic) bond motifs is 1. The molecule has 1 aromatic carbocycles. The summed E-state index contributed by atoms with van der Waals surface area (Å²) in [5, 5.41) is 1.05. The first-order chi connectivity index (χ1) is 8.76. The molecular weight excluding hydrogens is 230 g/mol. The van der Waals surface area contributed by atoms with Crippen molar-refractivity contribution in [2.24, 2.45) is 0 Å². The number of rotatable bonds is 5. The molecule has 0 amide bonds. The third-order valence-corrected chi connectivity index (χ3v) is 2.87. The van der Waals surface area contributed by atoms with Gasteiger partial charge in [0.1, 0.15) is 5.75 Å². The van der Waals surface area contributed by atoms with Gasteiger partial charge in [-0.2, -0.15) is 0 Å². The number of aromatic nitrogens is 1. The number of methoxy groups -OCH3 is 1. The minimum absolute atomic E-state index is 0.165. The van der Waals surface area contributed by atoms with Gasteiger partial charge in [-0.05, 0) is 31.0 Å². The Hall–Kier alpha value is -1.97. The fourth-order valence-electron chi connectivity index (χ4n) is 2.06. The topological polar surface area (TPSA) is 51.3 Å². The molecule has 1 N–H and O–H groups in total. The number of ether oxygens (including phenoxy) is 2. The lowest BCUT2D eigenvalue weighted by Gasteiger charge is -2.05. The predicted octanol–water partition coefficient (Wildman–Crippen LogP) is 2.67. The third-order valence-electron chi connectivity index (χ3n) is 2.87. The van der Waals surface area contributed by atoms with Gasteiger partial charge in [-0.15, -0.1) is 0 Å². The molecule has 0 aliphatic carbocycles. The van der Waals surface area contributed by atoms with Crippen molar-refractivity contribution in [1.29, 1.82) is 0 Å². The van der Waals surface area contributed by atoms with Crippen molar-refractivity contribution in [2.45, 2.75) is 19.8 Å². The number of carbonyl (C=O) groups excluding carboxylic acids is 1. The lowest BCUT2D eigenvalue weighted by atomic mass is 10.1. The lowest BCUT2D eigenvalue weighted by Crippen LogP contribution is -2.05. The van der Waals surface area contributed by atoms with Crippen molar-refractivity contribution in [3.8, 4) is 5.75 Å². The molecule has 0 aliphatic rings. The first-order valence-corrected chi connectivity index (χ1v) is 6.04. The molecule has 2 rings (SSSR count). The molecule has 0 saturated carbocycles. The minimum atomic E-state index is -0.165. The average molecular weight is 247 g/mol. The molecule has 1 aromatic heterocycles. The number of H-pyrrole nitrogens is 1. The standard InChI is InChI=1S/C14H17NO3/c1-3-18-13(16)8-7-10-9-15-11-5-4-6-12(17-2)14(10)11/h4-6,9,15H,3,7-8H2,1-2H3. The Morgan fingerprint density at radius 3 is 2.94 bits per heavy atom. The molecule has 0 radical (unpaired) electrons. The predicted molar refractivity (Wildman–Crippen MR) is 69.8 cm³/mol. The second kappa shape index (κ2) is 5.58. The van der Waals surface area contributed by atoms with E-state index in [1.165, 1.54) is 0 Å². The van der Waals surface area contributed by atoms with E-state index in [9.17, 15) is 4.79 Å². The van der Waals surface area contributed by atoms with Crippen molar-refractivity contribution in [2.75, 3.05) is 13.7 Å². The van der Waals surface area contributed by atoms with E-state index >= 15 is 0 Å². The zero-order valence-corrected chi connectivity index (χ0v) is 10.7. The zero-order valence-electron chi connectivity index (χ0n) is 10.7. The summed E-state index contributed by atoms with van der Waals surface area (Å²) < 4.78 is 10.3. The number of aryl methyl sites for hydroxylation is 1. The van der Waals surface area contributed by atoms with Crippen LogP contribution in [0.5, 0.6) is 5.75 Å². The monoisotopic (exact) mass is 247 g/mol. The normalized spacial score (nSPS) is 10.6. The van der Waals surface area contributed by atoms with Gasteiger partial charge in [-0.3, -0.25) is 4.79 Å². The Balaban J connectivity index is 2.20. The summed E-state index contributed by atoms with van der Waals surface area (Å²) in [6, 6.07) is 5.85. The molecule has 18 heavy (non-hydrogen) atoms. The number of hydrogen-bond donors (Lipinski definition) is 1. The molecule has 0 saturated heterocycles. The molecule has 0 fully saturated rings. The van der Waals surface area contributed by atoms with Gasteiger partial charge in [-0.1, -0.05) is 6.07 Å². The van der Waals surface area contributed by atoms with Gasteiger partial charge in [0.25, 0.3) is 0 Å². The number of benzene rings is 1. The Labute approximate surface area is 106 Å². The van der Waals surface area contributed by atoms with Crippen molar-refractivity contribution in [1.82, 2.24) is 4.98 Å². The number of nitrogens with one attached hydrogen (secondary N) is 1. The number of hydrogen-bond acceptors (Lipinski definition) is 3. The fourth-order valence-corrected chi connectivity index (χ4v) is 2.06. The molecule has 0 aliphatic heterocycles. The van der Waals surface area contributed by atoms with Gasteiger partial charge in [-0.25, -0.2) is 0 Å². The molecule has 0 unspecified atom stereocenters. The molecule has 4 heteroatoms. The number of carbonyl (C=O) groups is 1. The fraction of sp³-hybridized carbons (Fsp3) is 0.357. The quantitative estimate of drug-likeness (QED) is 0.826. The van der Waals surface area contributed by atoms with Crippen LogP contribution in [0.15, 0.2) is 24.4 Å². The van der Waals surface area contributed by atoms with Gasteiger partial charge in [0, 0.05) is 23.5 Å². The summed E-state index contributed by atoms with van der Waals surface area (Å²) in [7, 11) is 1.65. The van der Waals surface area contributed by atoms with Crippen molar-refractivity contribution in [3.05, 3.63) is 30.0 Å². The highest BCUT2D eigenvalue weighted by atomic mass is 16.5. The molecule has 4 nitrogen and oxygen atoms in total. The lowest BCUT2D eigenvalue weighted by molar-refractivity contribution is -0.143. The van der Waals surface area contributed by atoms with Gasteiger partial charge in [0.2, 0.25) is 0 Å². The molecular formula is C14H17NO3. The highest BCUT2D eigenvalue weighted by molar-refractivity contribution is 5.89. The third kappa shape index (κ3) is 2.47. The highest BCUT2D eigenvalue weighted by Crippen LogP contribution is 2.29. The van der Waals surface area contributed by atoms with Crippen LogP contribution in [-0.4, -0.2) is 24.7 Å². The SMILES string of the molecule is CCOC(=O)CCc1c[nH]c2cccc(OC)c12. The van der Waals surface area contributed by atoms with Gasteiger partial charge >= 0.3 is 5.97 Å². The van der Waals surface area contributed by atoms with Crippen molar-refractivity contribution >= 4 is 16.9 Å². The molecule has 96 valence electrons. The first kappa shape index (κ1) is 12.5. The van der Waals surface area contributed by atoms with E-state index in [0.717, 1.165) is 22.2 Å².